The topological polar surface area (TPSA) is 9.23 Å². The van der Waals surface area contributed by atoms with Crippen molar-refractivity contribution in [3.63, 3.8) is 0 Å². The van der Waals surface area contributed by atoms with Crippen LogP contribution in [0.4, 0.5) is 0 Å². The molecular formula is C15H28O. The van der Waals surface area contributed by atoms with E-state index in [0.717, 1.165) is 12.2 Å². The standard InChI is InChI=1S/C11H16O.2C2H6/c1-4-5-10-8-9(2)6-7-11(10)12-3;2*1-2/h6-8H,4-5H2,1-3H3;2*1-2H3. The molecule has 0 heterocycles. The highest BCUT2D eigenvalue weighted by Gasteiger charge is 2.00. The summed E-state index contributed by atoms with van der Waals surface area (Å²) in [6.45, 7) is 12.3. The minimum Gasteiger partial charge on any atom is -0.496 e. The van der Waals surface area contributed by atoms with Crippen molar-refractivity contribution in [3.8, 4) is 5.75 Å². The van der Waals surface area contributed by atoms with Crippen LogP contribution in [0.5, 0.6) is 5.75 Å². The summed E-state index contributed by atoms with van der Waals surface area (Å²) < 4.78 is 5.25. The highest BCUT2D eigenvalue weighted by molar-refractivity contribution is 5.36. The fourth-order valence-corrected chi connectivity index (χ4v) is 1.37. The molecule has 0 radical (unpaired) electrons. The van der Waals surface area contributed by atoms with Crippen molar-refractivity contribution in [1.82, 2.24) is 0 Å². The summed E-state index contributed by atoms with van der Waals surface area (Å²) in [6.07, 6.45) is 2.27. The van der Waals surface area contributed by atoms with Gasteiger partial charge in [-0.3, -0.25) is 0 Å². The lowest BCUT2D eigenvalue weighted by atomic mass is 10.1. The van der Waals surface area contributed by atoms with Crippen LogP contribution in [0.15, 0.2) is 18.2 Å². The van der Waals surface area contributed by atoms with Gasteiger partial charge >= 0.3 is 0 Å². The van der Waals surface area contributed by atoms with E-state index in [0.29, 0.717) is 0 Å². The maximum atomic E-state index is 5.25. The van der Waals surface area contributed by atoms with Crippen molar-refractivity contribution in [2.75, 3.05) is 7.11 Å². The summed E-state index contributed by atoms with van der Waals surface area (Å²) in [5.41, 5.74) is 2.62. The van der Waals surface area contributed by atoms with Gasteiger partial charge in [0, 0.05) is 0 Å². The number of rotatable bonds is 3. The van der Waals surface area contributed by atoms with Gasteiger partial charge in [0.1, 0.15) is 5.75 Å². The van der Waals surface area contributed by atoms with Crippen molar-refractivity contribution in [2.45, 2.75) is 54.4 Å². The molecule has 0 spiro atoms. The molecule has 0 aromatic heterocycles. The molecular weight excluding hydrogens is 196 g/mol. The minimum atomic E-state index is 1.02. The van der Waals surface area contributed by atoms with Crippen molar-refractivity contribution in [3.05, 3.63) is 29.3 Å². The van der Waals surface area contributed by atoms with Crippen LogP contribution in [-0.2, 0) is 6.42 Å². The third-order valence-electron chi connectivity index (χ3n) is 1.96. The lowest BCUT2D eigenvalue weighted by molar-refractivity contribution is 0.409. The van der Waals surface area contributed by atoms with E-state index in [1.54, 1.807) is 7.11 Å². The van der Waals surface area contributed by atoms with Gasteiger partial charge in [0.05, 0.1) is 7.11 Å². The summed E-state index contributed by atoms with van der Waals surface area (Å²) >= 11 is 0. The molecule has 0 atom stereocenters. The molecule has 1 rings (SSSR count). The van der Waals surface area contributed by atoms with Crippen molar-refractivity contribution in [2.24, 2.45) is 0 Å². The molecule has 94 valence electrons. The van der Waals surface area contributed by atoms with Gasteiger partial charge in [0.25, 0.3) is 0 Å². The monoisotopic (exact) mass is 224 g/mol. The Balaban J connectivity index is 0. The highest BCUT2D eigenvalue weighted by Crippen LogP contribution is 2.20. The van der Waals surface area contributed by atoms with Crippen LogP contribution in [0.1, 0.15) is 52.2 Å². The zero-order valence-electron chi connectivity index (χ0n) is 12.1. The second-order valence-electron chi connectivity index (χ2n) is 3.07. The van der Waals surface area contributed by atoms with Gasteiger partial charge in [0.15, 0.2) is 0 Å². The molecule has 0 aliphatic rings. The molecule has 0 N–H and O–H groups in total. The first kappa shape index (κ1) is 17.4. The number of aryl methyl sites for hydroxylation is 2. The van der Waals surface area contributed by atoms with Crippen LogP contribution in [0.25, 0.3) is 0 Å². The molecule has 0 bridgehead atoms. The molecule has 0 saturated carbocycles. The first-order valence-corrected chi connectivity index (χ1v) is 6.41. The van der Waals surface area contributed by atoms with E-state index in [1.807, 2.05) is 33.8 Å². The highest BCUT2D eigenvalue weighted by atomic mass is 16.5. The Bertz CT molecular complexity index is 254. The van der Waals surface area contributed by atoms with Gasteiger partial charge in [-0.15, -0.1) is 0 Å². The van der Waals surface area contributed by atoms with E-state index in [-0.39, 0.29) is 0 Å². The van der Waals surface area contributed by atoms with Gasteiger partial charge in [-0.25, -0.2) is 0 Å². The number of methoxy groups -OCH3 is 1. The van der Waals surface area contributed by atoms with Crippen LogP contribution < -0.4 is 4.74 Å². The normalized spacial score (nSPS) is 8.19. The van der Waals surface area contributed by atoms with E-state index in [1.165, 1.54) is 17.5 Å². The molecule has 16 heavy (non-hydrogen) atoms. The fourth-order valence-electron chi connectivity index (χ4n) is 1.37. The lowest BCUT2D eigenvalue weighted by Gasteiger charge is -2.07. The average molecular weight is 224 g/mol. The maximum Gasteiger partial charge on any atom is 0.122 e. The van der Waals surface area contributed by atoms with Gasteiger partial charge in [-0.05, 0) is 25.0 Å². The molecule has 1 aromatic rings. The van der Waals surface area contributed by atoms with Crippen LogP contribution in [0.3, 0.4) is 0 Å². The third-order valence-corrected chi connectivity index (χ3v) is 1.96. The fraction of sp³-hybridized carbons (Fsp3) is 0.600. The van der Waals surface area contributed by atoms with E-state index < -0.39 is 0 Å². The average Bonchev–Trinajstić information content (AvgIpc) is 2.35. The molecule has 1 aromatic carbocycles. The summed E-state index contributed by atoms with van der Waals surface area (Å²) in [4.78, 5) is 0. The molecule has 1 nitrogen and oxygen atoms in total. The first-order chi connectivity index (χ1) is 7.77. The van der Waals surface area contributed by atoms with Gasteiger partial charge in [0.2, 0.25) is 0 Å². The van der Waals surface area contributed by atoms with Crippen molar-refractivity contribution >= 4 is 0 Å². The molecule has 0 amide bonds. The van der Waals surface area contributed by atoms with Crippen molar-refractivity contribution in [1.29, 1.82) is 0 Å². The number of ether oxygens (including phenoxy) is 1. The zero-order chi connectivity index (χ0) is 13.0. The predicted octanol–water partition coefficient (Wildman–Crippen LogP) is 5.01. The number of hydrogen-bond donors (Lipinski definition) is 0. The van der Waals surface area contributed by atoms with Gasteiger partial charge in [-0.2, -0.15) is 0 Å². The molecule has 0 aliphatic heterocycles. The van der Waals surface area contributed by atoms with E-state index >= 15 is 0 Å². The number of hydrogen-bond acceptors (Lipinski definition) is 1. The quantitative estimate of drug-likeness (QED) is 0.701. The molecule has 0 unspecified atom stereocenters. The van der Waals surface area contributed by atoms with E-state index in [9.17, 15) is 0 Å². The van der Waals surface area contributed by atoms with Crippen LogP contribution in [0.2, 0.25) is 0 Å². The summed E-state index contributed by atoms with van der Waals surface area (Å²) in [7, 11) is 1.73. The molecule has 1 heteroatoms. The number of benzene rings is 1. The Hall–Kier alpha value is -0.980. The van der Waals surface area contributed by atoms with Crippen LogP contribution in [-0.4, -0.2) is 7.11 Å². The molecule has 0 fully saturated rings. The Morgan fingerprint density at radius 1 is 1.06 bits per heavy atom. The van der Waals surface area contributed by atoms with Crippen LogP contribution >= 0.6 is 0 Å². The van der Waals surface area contributed by atoms with Crippen LogP contribution in [0, 0.1) is 6.92 Å². The molecule has 0 aliphatic carbocycles. The summed E-state index contributed by atoms with van der Waals surface area (Å²) in [6, 6.07) is 6.32. The largest absolute Gasteiger partial charge is 0.496 e. The van der Waals surface area contributed by atoms with Crippen molar-refractivity contribution < 1.29 is 4.74 Å². The Kier molecular flexibility index (Phi) is 13.2. The van der Waals surface area contributed by atoms with E-state index in [2.05, 4.69) is 26.0 Å². The maximum absolute atomic E-state index is 5.25. The second kappa shape index (κ2) is 12.1. The third kappa shape index (κ3) is 6.49. The Morgan fingerprint density at radius 3 is 2.06 bits per heavy atom. The minimum absolute atomic E-state index is 1.02. The smallest absolute Gasteiger partial charge is 0.122 e. The van der Waals surface area contributed by atoms with Gasteiger partial charge < -0.3 is 4.74 Å². The SMILES string of the molecule is CC.CC.CCCc1cc(C)ccc1OC. The predicted molar refractivity (Wildman–Crippen MR) is 74.4 cm³/mol. The van der Waals surface area contributed by atoms with E-state index in [4.69, 9.17) is 4.74 Å². The second-order valence-corrected chi connectivity index (χ2v) is 3.07. The summed E-state index contributed by atoms with van der Waals surface area (Å²) in [5.74, 6) is 1.02. The Morgan fingerprint density at radius 2 is 1.62 bits per heavy atom. The Labute approximate surface area is 102 Å². The first-order valence-electron chi connectivity index (χ1n) is 6.41. The summed E-state index contributed by atoms with van der Waals surface area (Å²) in [5, 5.41) is 0. The van der Waals surface area contributed by atoms with Gasteiger partial charge in [-0.1, -0.05) is 58.7 Å². The molecule has 0 saturated heterocycles. The lowest BCUT2D eigenvalue weighted by Crippen LogP contribution is -1.91. The zero-order valence-corrected chi connectivity index (χ0v) is 12.1.